The second-order valence-electron chi connectivity index (χ2n) is 4.52. The van der Waals surface area contributed by atoms with Gasteiger partial charge < -0.3 is 10.5 Å². The van der Waals surface area contributed by atoms with Crippen molar-refractivity contribution in [1.82, 2.24) is 9.88 Å². The van der Waals surface area contributed by atoms with Crippen molar-refractivity contribution < 1.29 is 4.74 Å². The van der Waals surface area contributed by atoms with Gasteiger partial charge in [0, 0.05) is 31.2 Å². The monoisotopic (exact) mass is 257 g/mol. The summed E-state index contributed by atoms with van der Waals surface area (Å²) >= 11 is 0. The summed E-state index contributed by atoms with van der Waals surface area (Å²) < 4.78 is 5.66. The number of nitrogen functional groups attached to an aromatic ring is 1. The summed E-state index contributed by atoms with van der Waals surface area (Å²) in [6, 6.07) is 11.5. The number of aromatic nitrogens is 1. The van der Waals surface area contributed by atoms with Gasteiger partial charge >= 0.3 is 0 Å². The summed E-state index contributed by atoms with van der Waals surface area (Å²) in [6.07, 6.45) is 3.67. The Labute approximate surface area is 113 Å². The fraction of sp³-hybridized carbons (Fsp3) is 0.267. The zero-order valence-electron chi connectivity index (χ0n) is 11.1. The second kappa shape index (κ2) is 6.75. The molecule has 19 heavy (non-hydrogen) atoms. The molecule has 0 aliphatic heterocycles. The van der Waals surface area contributed by atoms with Crippen LogP contribution in [0.3, 0.4) is 0 Å². The van der Waals surface area contributed by atoms with Crippen LogP contribution in [0.25, 0.3) is 0 Å². The molecule has 0 amide bonds. The highest BCUT2D eigenvalue weighted by atomic mass is 16.5. The van der Waals surface area contributed by atoms with Gasteiger partial charge in [-0.2, -0.15) is 0 Å². The topological polar surface area (TPSA) is 51.4 Å². The highest BCUT2D eigenvalue weighted by molar-refractivity contribution is 5.41. The summed E-state index contributed by atoms with van der Waals surface area (Å²) in [4.78, 5) is 6.31. The van der Waals surface area contributed by atoms with Gasteiger partial charge in [-0.3, -0.25) is 9.88 Å². The Morgan fingerprint density at radius 2 is 2.00 bits per heavy atom. The van der Waals surface area contributed by atoms with Crippen molar-refractivity contribution in [2.24, 2.45) is 0 Å². The molecule has 1 aromatic heterocycles. The molecule has 0 fully saturated rings. The molecule has 0 aliphatic carbocycles. The number of hydrogen-bond donors (Lipinski definition) is 1. The van der Waals surface area contributed by atoms with Crippen LogP contribution in [0.1, 0.15) is 5.56 Å². The van der Waals surface area contributed by atoms with E-state index in [0.717, 1.165) is 24.5 Å². The largest absolute Gasteiger partial charge is 0.492 e. The lowest BCUT2D eigenvalue weighted by Crippen LogP contribution is -2.23. The lowest BCUT2D eigenvalue weighted by atomic mass is 10.3. The molecule has 100 valence electrons. The minimum absolute atomic E-state index is 0.653. The lowest BCUT2D eigenvalue weighted by Gasteiger charge is -2.16. The van der Waals surface area contributed by atoms with Crippen LogP contribution in [0.15, 0.2) is 48.8 Å². The number of hydrogen-bond acceptors (Lipinski definition) is 4. The number of likely N-dealkylation sites (N-methyl/N-ethyl adjacent to an activating group) is 1. The van der Waals surface area contributed by atoms with Gasteiger partial charge in [0.15, 0.2) is 0 Å². The number of pyridine rings is 1. The Bertz CT molecular complexity index is 485. The van der Waals surface area contributed by atoms with Crippen LogP contribution in [0.2, 0.25) is 0 Å². The number of rotatable bonds is 6. The molecule has 0 saturated heterocycles. The van der Waals surface area contributed by atoms with Crippen molar-refractivity contribution in [2.75, 3.05) is 25.9 Å². The van der Waals surface area contributed by atoms with Crippen molar-refractivity contribution in [1.29, 1.82) is 0 Å². The maximum atomic E-state index is 5.66. The third-order valence-corrected chi connectivity index (χ3v) is 2.80. The molecule has 4 heteroatoms. The number of nitrogens with zero attached hydrogens (tertiary/aromatic N) is 2. The van der Waals surface area contributed by atoms with Crippen LogP contribution >= 0.6 is 0 Å². The molecule has 0 bridgehead atoms. The van der Waals surface area contributed by atoms with Crippen LogP contribution in [0.4, 0.5) is 5.69 Å². The van der Waals surface area contributed by atoms with Gasteiger partial charge in [0.1, 0.15) is 12.4 Å². The minimum Gasteiger partial charge on any atom is -0.492 e. The van der Waals surface area contributed by atoms with Crippen molar-refractivity contribution in [3.63, 3.8) is 0 Å². The molecule has 2 N–H and O–H groups in total. The smallest absolute Gasteiger partial charge is 0.119 e. The molecule has 0 spiro atoms. The van der Waals surface area contributed by atoms with Crippen molar-refractivity contribution in [3.05, 3.63) is 54.4 Å². The van der Waals surface area contributed by atoms with E-state index in [1.807, 2.05) is 36.5 Å². The standard InChI is InChI=1S/C15H19N3O/c1-18(12-13-3-2-8-17-11-13)9-10-19-15-6-4-14(16)5-7-15/h2-8,11H,9-10,12,16H2,1H3. The molecule has 1 heterocycles. The molecule has 0 saturated carbocycles. The first-order valence-corrected chi connectivity index (χ1v) is 6.30. The maximum Gasteiger partial charge on any atom is 0.119 e. The van der Waals surface area contributed by atoms with E-state index in [4.69, 9.17) is 10.5 Å². The molecule has 2 aromatic rings. The van der Waals surface area contributed by atoms with Gasteiger partial charge in [-0.05, 0) is 42.9 Å². The van der Waals surface area contributed by atoms with Gasteiger partial charge in [-0.15, -0.1) is 0 Å². The molecule has 0 radical (unpaired) electrons. The highest BCUT2D eigenvalue weighted by Crippen LogP contribution is 2.12. The van der Waals surface area contributed by atoms with Gasteiger partial charge in [-0.1, -0.05) is 6.07 Å². The second-order valence-corrected chi connectivity index (χ2v) is 4.52. The van der Waals surface area contributed by atoms with E-state index >= 15 is 0 Å². The third kappa shape index (κ3) is 4.60. The van der Waals surface area contributed by atoms with Gasteiger partial charge in [-0.25, -0.2) is 0 Å². The van der Waals surface area contributed by atoms with Gasteiger partial charge in [0.25, 0.3) is 0 Å². The molecule has 0 aliphatic rings. The lowest BCUT2D eigenvalue weighted by molar-refractivity contribution is 0.233. The first kappa shape index (κ1) is 13.4. The molecule has 2 rings (SSSR count). The number of benzene rings is 1. The summed E-state index contributed by atoms with van der Waals surface area (Å²) in [7, 11) is 2.07. The Morgan fingerprint density at radius 3 is 2.68 bits per heavy atom. The molecular formula is C15H19N3O. The highest BCUT2D eigenvalue weighted by Gasteiger charge is 2.01. The Morgan fingerprint density at radius 1 is 1.21 bits per heavy atom. The number of anilines is 1. The van der Waals surface area contributed by atoms with Crippen molar-refractivity contribution in [2.45, 2.75) is 6.54 Å². The predicted octanol–water partition coefficient (Wildman–Crippen LogP) is 2.17. The average Bonchev–Trinajstić information content (AvgIpc) is 2.42. The zero-order valence-corrected chi connectivity index (χ0v) is 11.1. The van der Waals surface area contributed by atoms with Crippen LogP contribution in [-0.4, -0.2) is 30.1 Å². The van der Waals surface area contributed by atoms with E-state index < -0.39 is 0 Å². The Balaban J connectivity index is 1.72. The van der Waals surface area contributed by atoms with E-state index in [1.165, 1.54) is 5.56 Å². The first-order chi connectivity index (χ1) is 9.24. The SMILES string of the molecule is CN(CCOc1ccc(N)cc1)Cc1cccnc1. The minimum atomic E-state index is 0.653. The van der Waals surface area contributed by atoms with Crippen molar-refractivity contribution in [3.8, 4) is 5.75 Å². The number of nitrogens with two attached hydrogens (primary N) is 1. The van der Waals surface area contributed by atoms with Gasteiger partial charge in [0.2, 0.25) is 0 Å². The zero-order chi connectivity index (χ0) is 13.5. The maximum absolute atomic E-state index is 5.66. The summed E-state index contributed by atoms with van der Waals surface area (Å²) in [5.41, 5.74) is 7.58. The molecular weight excluding hydrogens is 238 g/mol. The quantitative estimate of drug-likeness (QED) is 0.806. The molecule has 0 atom stereocenters. The van der Waals surface area contributed by atoms with Crippen LogP contribution in [0, 0.1) is 0 Å². The summed E-state index contributed by atoms with van der Waals surface area (Å²) in [5.74, 6) is 0.851. The Kier molecular flexibility index (Phi) is 4.75. The van der Waals surface area contributed by atoms with E-state index in [1.54, 1.807) is 6.20 Å². The van der Waals surface area contributed by atoms with E-state index in [9.17, 15) is 0 Å². The fourth-order valence-corrected chi connectivity index (χ4v) is 1.77. The predicted molar refractivity (Wildman–Crippen MR) is 76.9 cm³/mol. The first-order valence-electron chi connectivity index (χ1n) is 6.30. The summed E-state index contributed by atoms with van der Waals surface area (Å²) in [6.45, 7) is 2.39. The van der Waals surface area contributed by atoms with Gasteiger partial charge in [0.05, 0.1) is 0 Å². The molecule has 0 unspecified atom stereocenters. The molecule has 1 aromatic carbocycles. The Hall–Kier alpha value is -2.07. The average molecular weight is 257 g/mol. The number of ether oxygens (including phenoxy) is 1. The molecule has 4 nitrogen and oxygen atoms in total. The van der Waals surface area contributed by atoms with E-state index in [-0.39, 0.29) is 0 Å². The fourth-order valence-electron chi connectivity index (χ4n) is 1.77. The third-order valence-electron chi connectivity index (χ3n) is 2.80. The summed E-state index contributed by atoms with van der Waals surface area (Å²) in [5, 5.41) is 0. The van der Waals surface area contributed by atoms with Crippen LogP contribution in [0.5, 0.6) is 5.75 Å². The van der Waals surface area contributed by atoms with Crippen LogP contribution < -0.4 is 10.5 Å². The van der Waals surface area contributed by atoms with Crippen molar-refractivity contribution >= 4 is 5.69 Å². The van der Waals surface area contributed by atoms with E-state index in [0.29, 0.717) is 6.61 Å². The van der Waals surface area contributed by atoms with E-state index in [2.05, 4.69) is 23.0 Å². The normalized spacial score (nSPS) is 10.6. The van der Waals surface area contributed by atoms with Crippen LogP contribution in [-0.2, 0) is 6.54 Å².